The number of hydrogen-bond acceptors (Lipinski definition) is 4. The van der Waals surface area contributed by atoms with Gasteiger partial charge in [-0.05, 0) is 41.8 Å². The maximum atomic E-state index is 12.2. The number of aliphatic hydroxyl groups excluding tert-OH is 1. The first kappa shape index (κ1) is 16.6. The van der Waals surface area contributed by atoms with Gasteiger partial charge in [-0.2, -0.15) is 0 Å². The third-order valence-electron chi connectivity index (χ3n) is 3.26. The zero-order chi connectivity index (χ0) is 15.3. The van der Waals surface area contributed by atoms with Crippen LogP contribution < -0.4 is 5.32 Å². The van der Waals surface area contributed by atoms with Gasteiger partial charge in [0.25, 0.3) is 11.6 Å². The van der Waals surface area contributed by atoms with Crippen LogP contribution in [0.15, 0.2) is 22.7 Å². The van der Waals surface area contributed by atoms with Gasteiger partial charge in [-0.25, -0.2) is 0 Å². The quantitative estimate of drug-likeness (QED) is 0.612. The van der Waals surface area contributed by atoms with Gasteiger partial charge in [0.2, 0.25) is 0 Å². The van der Waals surface area contributed by atoms with Crippen LogP contribution in [0.2, 0.25) is 0 Å². The maximum absolute atomic E-state index is 12.2. The normalized spacial score (nSPS) is 13.6. The summed E-state index contributed by atoms with van der Waals surface area (Å²) in [7, 11) is 0. The van der Waals surface area contributed by atoms with Crippen molar-refractivity contribution in [3.05, 3.63) is 38.3 Å². The monoisotopic (exact) mass is 344 g/mol. The minimum atomic E-state index is -0.546. The first-order valence-electron chi connectivity index (χ1n) is 6.20. The van der Waals surface area contributed by atoms with Gasteiger partial charge in [0.15, 0.2) is 0 Å². The predicted molar refractivity (Wildman–Crippen MR) is 78.7 cm³/mol. The van der Waals surface area contributed by atoms with E-state index in [1.54, 1.807) is 0 Å². The van der Waals surface area contributed by atoms with E-state index in [0.717, 1.165) is 0 Å². The van der Waals surface area contributed by atoms with E-state index in [2.05, 4.69) is 21.2 Å². The molecule has 0 spiro atoms. The fourth-order valence-corrected chi connectivity index (χ4v) is 2.14. The zero-order valence-corrected chi connectivity index (χ0v) is 12.9. The van der Waals surface area contributed by atoms with Gasteiger partial charge in [0.05, 0.1) is 10.5 Å². The molecule has 0 fully saturated rings. The number of nitro groups is 1. The number of nitrogens with one attached hydrogen (secondary N) is 1. The van der Waals surface area contributed by atoms with Gasteiger partial charge in [0, 0.05) is 28.8 Å². The molecule has 1 atom stereocenters. The highest BCUT2D eigenvalue weighted by molar-refractivity contribution is 9.10. The van der Waals surface area contributed by atoms with Gasteiger partial charge < -0.3 is 10.4 Å². The average Bonchev–Trinajstić information content (AvgIpc) is 2.39. The number of benzene rings is 1. The van der Waals surface area contributed by atoms with E-state index < -0.39 is 16.4 Å². The topological polar surface area (TPSA) is 92.5 Å². The van der Waals surface area contributed by atoms with Gasteiger partial charge in [-0.15, -0.1) is 0 Å². The van der Waals surface area contributed by atoms with Crippen molar-refractivity contribution < 1.29 is 14.8 Å². The van der Waals surface area contributed by atoms with Gasteiger partial charge >= 0.3 is 0 Å². The summed E-state index contributed by atoms with van der Waals surface area (Å²) in [6.07, 6.45) is 1.06. The van der Waals surface area contributed by atoms with Crippen LogP contribution >= 0.6 is 15.9 Å². The SMILES string of the molecule is CCC(C)(CCO)NC(=O)c1cc([N+](=O)[O-])ccc1Br. The molecule has 1 aromatic rings. The lowest BCUT2D eigenvalue weighted by Gasteiger charge is -2.29. The minimum Gasteiger partial charge on any atom is -0.396 e. The molecule has 0 aliphatic carbocycles. The van der Waals surface area contributed by atoms with Gasteiger partial charge in [0.1, 0.15) is 0 Å². The summed E-state index contributed by atoms with van der Waals surface area (Å²) in [6.45, 7) is 3.69. The number of carbonyl (C=O) groups is 1. The molecule has 1 unspecified atom stereocenters. The fraction of sp³-hybridized carbons (Fsp3) is 0.462. The minimum absolute atomic E-state index is 0.0409. The third-order valence-corrected chi connectivity index (χ3v) is 3.96. The van der Waals surface area contributed by atoms with Crippen LogP contribution in [-0.2, 0) is 0 Å². The summed E-state index contributed by atoms with van der Waals surface area (Å²) >= 11 is 3.22. The van der Waals surface area contributed by atoms with Crippen LogP contribution in [0.3, 0.4) is 0 Å². The molecule has 0 saturated heterocycles. The molecule has 110 valence electrons. The van der Waals surface area contributed by atoms with Crippen LogP contribution in [0.25, 0.3) is 0 Å². The van der Waals surface area contributed by atoms with Gasteiger partial charge in [-0.3, -0.25) is 14.9 Å². The first-order chi connectivity index (χ1) is 9.33. The van der Waals surface area contributed by atoms with Crippen LogP contribution in [0.1, 0.15) is 37.0 Å². The van der Waals surface area contributed by atoms with Crippen molar-refractivity contribution in [1.29, 1.82) is 0 Å². The summed E-state index contributed by atoms with van der Waals surface area (Å²) in [4.78, 5) is 22.5. The van der Waals surface area contributed by atoms with Crippen molar-refractivity contribution in [3.63, 3.8) is 0 Å². The molecule has 0 radical (unpaired) electrons. The van der Waals surface area contributed by atoms with E-state index in [4.69, 9.17) is 5.11 Å². The Morgan fingerprint density at radius 1 is 1.55 bits per heavy atom. The molecule has 20 heavy (non-hydrogen) atoms. The number of nitrogens with zero attached hydrogens (tertiary/aromatic N) is 1. The number of amides is 1. The Hall–Kier alpha value is -1.47. The van der Waals surface area contributed by atoms with Crippen LogP contribution in [0, 0.1) is 10.1 Å². The molecule has 1 amide bonds. The molecule has 1 rings (SSSR count). The lowest BCUT2D eigenvalue weighted by Crippen LogP contribution is -2.46. The zero-order valence-electron chi connectivity index (χ0n) is 11.4. The van der Waals surface area contributed by atoms with Crippen molar-refractivity contribution in [2.24, 2.45) is 0 Å². The Morgan fingerprint density at radius 3 is 2.70 bits per heavy atom. The number of carbonyl (C=O) groups excluding carboxylic acids is 1. The van der Waals surface area contributed by atoms with E-state index in [1.807, 2.05) is 13.8 Å². The lowest BCUT2D eigenvalue weighted by molar-refractivity contribution is -0.384. The van der Waals surface area contributed by atoms with Crippen LogP contribution in [0.5, 0.6) is 0 Å². The molecule has 0 heterocycles. The van der Waals surface area contributed by atoms with Crippen molar-refractivity contribution >= 4 is 27.5 Å². The molecule has 0 bridgehead atoms. The van der Waals surface area contributed by atoms with E-state index in [-0.39, 0.29) is 17.9 Å². The highest BCUT2D eigenvalue weighted by Gasteiger charge is 2.26. The summed E-state index contributed by atoms with van der Waals surface area (Å²) in [5.41, 5.74) is -0.480. The summed E-state index contributed by atoms with van der Waals surface area (Å²) in [5.74, 6) is -0.404. The summed E-state index contributed by atoms with van der Waals surface area (Å²) in [6, 6.07) is 4.03. The van der Waals surface area contributed by atoms with Crippen LogP contribution in [-0.4, -0.2) is 28.1 Å². The van der Waals surface area contributed by atoms with Crippen molar-refractivity contribution in [1.82, 2.24) is 5.32 Å². The number of rotatable bonds is 6. The first-order valence-corrected chi connectivity index (χ1v) is 6.99. The maximum Gasteiger partial charge on any atom is 0.270 e. The Morgan fingerprint density at radius 2 is 2.20 bits per heavy atom. The highest BCUT2D eigenvalue weighted by Crippen LogP contribution is 2.24. The Labute approximate surface area is 125 Å². The molecule has 0 saturated carbocycles. The Bertz CT molecular complexity index is 521. The number of hydrogen-bond donors (Lipinski definition) is 2. The van der Waals surface area contributed by atoms with Gasteiger partial charge in [-0.1, -0.05) is 6.92 Å². The molecular formula is C13H17BrN2O4. The van der Waals surface area contributed by atoms with Crippen molar-refractivity contribution in [3.8, 4) is 0 Å². The second-order valence-corrected chi connectivity index (χ2v) is 5.62. The molecule has 0 aromatic heterocycles. The second kappa shape index (κ2) is 6.81. The molecular weight excluding hydrogens is 328 g/mol. The summed E-state index contributed by atoms with van der Waals surface area (Å²) in [5, 5.41) is 22.6. The Kier molecular flexibility index (Phi) is 5.64. The highest BCUT2D eigenvalue weighted by atomic mass is 79.9. The third kappa shape index (κ3) is 4.01. The molecule has 2 N–H and O–H groups in total. The van der Waals surface area contributed by atoms with Crippen molar-refractivity contribution in [2.75, 3.05) is 6.61 Å². The number of halogens is 1. The Balaban J connectivity index is 3.02. The largest absolute Gasteiger partial charge is 0.396 e. The van der Waals surface area contributed by atoms with Crippen molar-refractivity contribution in [2.45, 2.75) is 32.2 Å². The molecule has 7 heteroatoms. The summed E-state index contributed by atoms with van der Waals surface area (Å²) < 4.78 is 0.489. The standard InChI is InChI=1S/C13H17BrN2O4/c1-3-13(2,6-7-17)15-12(18)10-8-9(16(19)20)4-5-11(10)14/h4-5,8,17H,3,6-7H2,1-2H3,(H,15,18). The smallest absolute Gasteiger partial charge is 0.270 e. The molecule has 0 aliphatic heterocycles. The molecule has 6 nitrogen and oxygen atoms in total. The second-order valence-electron chi connectivity index (χ2n) is 4.76. The van der Waals surface area contributed by atoms with E-state index in [1.165, 1.54) is 18.2 Å². The number of aliphatic hydroxyl groups is 1. The molecule has 1 aromatic carbocycles. The average molecular weight is 345 g/mol. The van der Waals surface area contributed by atoms with E-state index in [9.17, 15) is 14.9 Å². The van der Waals surface area contributed by atoms with E-state index >= 15 is 0 Å². The number of nitro benzene ring substituents is 1. The predicted octanol–water partition coefficient (Wildman–Crippen LogP) is 2.64. The van der Waals surface area contributed by atoms with Crippen LogP contribution in [0.4, 0.5) is 5.69 Å². The molecule has 0 aliphatic rings. The fourth-order valence-electron chi connectivity index (χ4n) is 1.72. The van der Waals surface area contributed by atoms with E-state index in [0.29, 0.717) is 17.3 Å². The number of non-ortho nitro benzene ring substituents is 1. The lowest BCUT2D eigenvalue weighted by atomic mass is 9.94.